The quantitative estimate of drug-likeness (QED) is 0.864. The highest BCUT2D eigenvalue weighted by Gasteiger charge is 2.25. The number of amides is 1. The van der Waals surface area contributed by atoms with Crippen LogP contribution in [-0.2, 0) is 17.8 Å². The first-order valence-corrected chi connectivity index (χ1v) is 8.87. The predicted octanol–water partition coefficient (Wildman–Crippen LogP) is 1.29. The summed E-state index contributed by atoms with van der Waals surface area (Å²) in [5.41, 5.74) is 11.7. The Kier molecular flexibility index (Phi) is 4.24. The summed E-state index contributed by atoms with van der Waals surface area (Å²) in [4.78, 5) is 22.5. The number of rotatable bonds is 3. The molecule has 136 valence electrons. The number of benzene rings is 1. The Labute approximate surface area is 152 Å². The van der Waals surface area contributed by atoms with Gasteiger partial charge in [-0.1, -0.05) is 0 Å². The van der Waals surface area contributed by atoms with Crippen LogP contribution < -0.4 is 15.8 Å². The van der Waals surface area contributed by atoms with E-state index in [4.69, 9.17) is 10.5 Å². The maximum atomic E-state index is 11.4. The topological polar surface area (TPSA) is 93.4 Å². The lowest BCUT2D eigenvalue weighted by atomic mass is 9.92. The number of carbonyl (C=O) groups excluding carboxylic acids is 1. The van der Waals surface area contributed by atoms with E-state index in [1.54, 1.807) is 6.20 Å². The smallest absolute Gasteiger partial charge is 0.258 e. The van der Waals surface area contributed by atoms with Crippen LogP contribution in [0.25, 0.3) is 11.3 Å². The number of hydrogen-bond acceptors (Lipinski definition) is 6. The lowest BCUT2D eigenvalue weighted by molar-refractivity contribution is -0.119. The summed E-state index contributed by atoms with van der Waals surface area (Å²) in [6, 6.07) is 4.33. The first kappa shape index (κ1) is 16.8. The Balaban J connectivity index is 1.65. The van der Waals surface area contributed by atoms with Gasteiger partial charge in [-0.3, -0.25) is 4.79 Å². The van der Waals surface area contributed by atoms with Gasteiger partial charge < -0.3 is 20.7 Å². The van der Waals surface area contributed by atoms with E-state index < -0.39 is 0 Å². The molecule has 7 nitrogen and oxygen atoms in total. The van der Waals surface area contributed by atoms with Crippen molar-refractivity contribution in [3.8, 4) is 17.1 Å². The molecule has 0 bridgehead atoms. The lowest BCUT2D eigenvalue weighted by Gasteiger charge is -2.27. The molecule has 2 aliphatic rings. The van der Waals surface area contributed by atoms with E-state index in [0.29, 0.717) is 13.0 Å². The second kappa shape index (κ2) is 6.57. The molecule has 0 radical (unpaired) electrons. The van der Waals surface area contributed by atoms with E-state index in [0.717, 1.165) is 30.8 Å². The molecule has 4 rings (SSSR count). The SMILES string of the molecule is Cc1cc(-c2cnc(N)c(OC3CNC(=O)C3)n2)cc2c1CCN(C)C2. The molecule has 1 aromatic heterocycles. The lowest BCUT2D eigenvalue weighted by Crippen LogP contribution is -2.27. The molecule has 3 heterocycles. The predicted molar refractivity (Wildman–Crippen MR) is 98.7 cm³/mol. The fraction of sp³-hybridized carbons (Fsp3) is 0.421. The third-order valence-corrected chi connectivity index (χ3v) is 5.03. The molecule has 7 heteroatoms. The average Bonchev–Trinajstić information content (AvgIpc) is 3.01. The van der Waals surface area contributed by atoms with Crippen molar-refractivity contribution in [1.82, 2.24) is 20.2 Å². The summed E-state index contributed by atoms with van der Waals surface area (Å²) in [6.07, 6.45) is 2.81. The minimum atomic E-state index is -0.256. The van der Waals surface area contributed by atoms with Crippen LogP contribution in [0.5, 0.6) is 5.88 Å². The maximum absolute atomic E-state index is 11.4. The summed E-state index contributed by atoms with van der Waals surface area (Å²) in [5, 5.41) is 2.74. The number of hydrogen-bond donors (Lipinski definition) is 2. The summed E-state index contributed by atoms with van der Waals surface area (Å²) in [5.74, 6) is 0.506. The van der Waals surface area contributed by atoms with Crippen LogP contribution in [0.2, 0.25) is 0 Å². The molecular formula is C19H23N5O2. The molecule has 3 N–H and O–H groups in total. The second-order valence-electron chi connectivity index (χ2n) is 7.11. The van der Waals surface area contributed by atoms with Crippen molar-refractivity contribution in [2.75, 3.05) is 25.9 Å². The third-order valence-electron chi connectivity index (χ3n) is 5.03. The Hall–Kier alpha value is -2.67. The average molecular weight is 353 g/mol. The van der Waals surface area contributed by atoms with Crippen molar-refractivity contribution in [2.24, 2.45) is 0 Å². The number of aromatic nitrogens is 2. The number of nitrogens with two attached hydrogens (primary N) is 1. The molecule has 1 aromatic carbocycles. The summed E-state index contributed by atoms with van der Waals surface area (Å²) in [7, 11) is 2.14. The Morgan fingerprint density at radius 1 is 1.38 bits per heavy atom. The normalized spacial score (nSPS) is 19.9. The van der Waals surface area contributed by atoms with E-state index in [1.165, 1.54) is 16.7 Å². The number of nitrogens with zero attached hydrogens (tertiary/aromatic N) is 3. The van der Waals surface area contributed by atoms with Gasteiger partial charge in [-0.05, 0) is 49.2 Å². The zero-order chi connectivity index (χ0) is 18.3. The van der Waals surface area contributed by atoms with Gasteiger partial charge in [0.05, 0.1) is 24.9 Å². The van der Waals surface area contributed by atoms with Crippen molar-refractivity contribution >= 4 is 11.7 Å². The molecular weight excluding hydrogens is 330 g/mol. The minimum Gasteiger partial charge on any atom is -0.469 e. The fourth-order valence-corrected chi connectivity index (χ4v) is 3.64. The van der Waals surface area contributed by atoms with Gasteiger partial charge in [0.15, 0.2) is 5.82 Å². The number of nitrogens with one attached hydrogen (secondary N) is 1. The van der Waals surface area contributed by atoms with Crippen molar-refractivity contribution in [3.63, 3.8) is 0 Å². The molecule has 1 atom stereocenters. The minimum absolute atomic E-state index is 0.0212. The van der Waals surface area contributed by atoms with Crippen LogP contribution in [0.1, 0.15) is 23.1 Å². The molecule has 0 spiro atoms. The van der Waals surface area contributed by atoms with Gasteiger partial charge >= 0.3 is 0 Å². The number of fused-ring (bicyclic) bond motifs is 1. The van der Waals surface area contributed by atoms with Crippen LogP contribution in [0.4, 0.5) is 5.82 Å². The van der Waals surface area contributed by atoms with Crippen molar-refractivity contribution in [2.45, 2.75) is 32.4 Å². The largest absolute Gasteiger partial charge is 0.469 e. The van der Waals surface area contributed by atoms with Crippen molar-refractivity contribution < 1.29 is 9.53 Å². The Morgan fingerprint density at radius 2 is 2.23 bits per heavy atom. The zero-order valence-corrected chi connectivity index (χ0v) is 15.1. The molecule has 1 saturated heterocycles. The van der Waals surface area contributed by atoms with Crippen molar-refractivity contribution in [1.29, 1.82) is 0 Å². The van der Waals surface area contributed by atoms with Crippen LogP contribution in [-0.4, -0.2) is 47.0 Å². The molecule has 0 aliphatic carbocycles. The number of ether oxygens (including phenoxy) is 1. The van der Waals surface area contributed by atoms with E-state index in [2.05, 4.69) is 46.3 Å². The summed E-state index contributed by atoms with van der Waals surface area (Å²) >= 11 is 0. The third kappa shape index (κ3) is 3.22. The van der Waals surface area contributed by atoms with Gasteiger partial charge in [0.1, 0.15) is 6.10 Å². The highest BCUT2D eigenvalue weighted by Crippen LogP contribution is 2.30. The zero-order valence-electron chi connectivity index (χ0n) is 15.1. The highest BCUT2D eigenvalue weighted by molar-refractivity contribution is 5.78. The first-order valence-electron chi connectivity index (χ1n) is 8.87. The Bertz CT molecular complexity index is 867. The van der Waals surface area contributed by atoms with Gasteiger partial charge in [-0.2, -0.15) is 0 Å². The van der Waals surface area contributed by atoms with Crippen LogP contribution in [0.3, 0.4) is 0 Å². The number of carbonyl (C=O) groups is 1. The molecule has 1 fully saturated rings. The molecule has 26 heavy (non-hydrogen) atoms. The second-order valence-corrected chi connectivity index (χ2v) is 7.11. The number of nitrogen functional groups attached to an aromatic ring is 1. The van der Waals surface area contributed by atoms with Crippen molar-refractivity contribution in [3.05, 3.63) is 35.0 Å². The van der Waals surface area contributed by atoms with Gasteiger partial charge in [0.25, 0.3) is 5.88 Å². The van der Waals surface area contributed by atoms with E-state index in [9.17, 15) is 4.79 Å². The van der Waals surface area contributed by atoms with E-state index >= 15 is 0 Å². The fourth-order valence-electron chi connectivity index (χ4n) is 3.64. The number of anilines is 1. The molecule has 0 saturated carbocycles. The van der Waals surface area contributed by atoms with Crippen LogP contribution in [0.15, 0.2) is 18.3 Å². The Morgan fingerprint density at radius 3 is 3.00 bits per heavy atom. The highest BCUT2D eigenvalue weighted by atomic mass is 16.5. The molecule has 2 aliphatic heterocycles. The van der Waals surface area contributed by atoms with E-state index in [-0.39, 0.29) is 23.7 Å². The standard InChI is InChI=1S/C19H23N5O2/c1-11-5-12(6-13-10-24(2)4-3-15(11)13)16-9-22-18(20)19(23-16)26-14-7-17(25)21-8-14/h5-6,9,14H,3-4,7-8,10H2,1-2H3,(H2,20,22)(H,21,25). The maximum Gasteiger partial charge on any atom is 0.258 e. The number of aryl methyl sites for hydroxylation is 1. The monoisotopic (exact) mass is 353 g/mol. The van der Waals surface area contributed by atoms with E-state index in [1.807, 2.05) is 0 Å². The van der Waals surface area contributed by atoms with Crippen LogP contribution >= 0.6 is 0 Å². The number of likely N-dealkylation sites (N-methyl/N-ethyl adjacent to an activating group) is 1. The van der Waals surface area contributed by atoms with Crippen LogP contribution in [0, 0.1) is 6.92 Å². The van der Waals surface area contributed by atoms with Gasteiger partial charge in [0.2, 0.25) is 5.91 Å². The molecule has 1 unspecified atom stereocenters. The van der Waals surface area contributed by atoms with Gasteiger partial charge in [-0.25, -0.2) is 9.97 Å². The van der Waals surface area contributed by atoms with Gasteiger partial charge in [0, 0.05) is 18.7 Å². The van der Waals surface area contributed by atoms with Gasteiger partial charge in [-0.15, -0.1) is 0 Å². The summed E-state index contributed by atoms with van der Waals surface area (Å²) < 4.78 is 5.81. The molecule has 2 aromatic rings. The first-order chi connectivity index (χ1) is 12.5. The molecule has 1 amide bonds. The summed E-state index contributed by atoms with van der Waals surface area (Å²) in [6.45, 7) is 4.63.